The van der Waals surface area contributed by atoms with Crippen molar-refractivity contribution in [2.24, 2.45) is 0 Å². The number of nitrogens with zero attached hydrogens (tertiary/aromatic N) is 1. The molecule has 27 heavy (non-hydrogen) atoms. The Morgan fingerprint density at radius 1 is 1.19 bits per heavy atom. The van der Waals surface area contributed by atoms with Gasteiger partial charge in [0.1, 0.15) is 5.76 Å². The number of anilines is 2. The molecule has 138 valence electrons. The van der Waals surface area contributed by atoms with E-state index in [0.717, 1.165) is 47.0 Å². The van der Waals surface area contributed by atoms with E-state index in [9.17, 15) is 9.59 Å². The molecule has 4 rings (SSSR count). The number of carbonyl (C=O) groups excluding carboxylic acids is 2. The topological polar surface area (TPSA) is 62.6 Å². The molecule has 1 aliphatic heterocycles. The predicted octanol–water partition coefficient (Wildman–Crippen LogP) is 4.51. The van der Waals surface area contributed by atoms with Gasteiger partial charge < -0.3 is 14.6 Å². The maximum Gasteiger partial charge on any atom is 0.268 e. The number of carbonyl (C=O) groups is 2. The number of thiophene rings is 1. The van der Waals surface area contributed by atoms with Crippen LogP contribution in [-0.4, -0.2) is 18.4 Å². The van der Waals surface area contributed by atoms with Gasteiger partial charge in [-0.3, -0.25) is 9.59 Å². The summed E-state index contributed by atoms with van der Waals surface area (Å²) in [6, 6.07) is 13.2. The van der Waals surface area contributed by atoms with Crippen LogP contribution in [0.5, 0.6) is 0 Å². The average molecular weight is 380 g/mol. The third kappa shape index (κ3) is 3.95. The Morgan fingerprint density at radius 3 is 2.89 bits per heavy atom. The van der Waals surface area contributed by atoms with E-state index in [4.69, 9.17) is 4.42 Å². The van der Waals surface area contributed by atoms with Crippen LogP contribution in [0, 0.1) is 0 Å². The van der Waals surface area contributed by atoms with Crippen molar-refractivity contribution in [3.8, 4) is 0 Å². The van der Waals surface area contributed by atoms with E-state index in [1.54, 1.807) is 6.26 Å². The molecule has 0 bridgehead atoms. The van der Waals surface area contributed by atoms with E-state index >= 15 is 0 Å². The van der Waals surface area contributed by atoms with Crippen LogP contribution in [0.2, 0.25) is 0 Å². The number of nitrogens with one attached hydrogen (secondary N) is 1. The Bertz CT molecular complexity index is 933. The van der Waals surface area contributed by atoms with E-state index in [-0.39, 0.29) is 11.8 Å². The van der Waals surface area contributed by atoms with Crippen molar-refractivity contribution in [1.29, 1.82) is 0 Å². The molecule has 1 N–H and O–H groups in total. The number of rotatable bonds is 5. The lowest BCUT2D eigenvalue weighted by Crippen LogP contribution is -2.35. The molecule has 0 saturated carbocycles. The second-order valence-electron chi connectivity index (χ2n) is 6.51. The summed E-state index contributed by atoms with van der Waals surface area (Å²) in [5.74, 6) is 0.799. The number of fused-ring (bicyclic) bond motifs is 1. The Hall–Kier alpha value is -2.86. The first kappa shape index (κ1) is 17.5. The van der Waals surface area contributed by atoms with Gasteiger partial charge in [-0.25, -0.2) is 0 Å². The van der Waals surface area contributed by atoms with Crippen LogP contribution in [0.3, 0.4) is 0 Å². The molecule has 0 unspecified atom stereocenters. The monoisotopic (exact) mass is 380 g/mol. The molecule has 2 amide bonds. The van der Waals surface area contributed by atoms with Crippen molar-refractivity contribution < 1.29 is 14.0 Å². The van der Waals surface area contributed by atoms with Crippen LogP contribution in [0.1, 0.15) is 33.8 Å². The van der Waals surface area contributed by atoms with Gasteiger partial charge in [0.25, 0.3) is 5.91 Å². The molecule has 0 fully saturated rings. The number of furan rings is 1. The highest BCUT2D eigenvalue weighted by molar-refractivity contribution is 7.12. The SMILES string of the molecule is O=C(CCc1ccco1)Nc1ccc2c(c1)CCCN2C(=O)c1cccs1. The minimum Gasteiger partial charge on any atom is -0.469 e. The third-order valence-electron chi connectivity index (χ3n) is 4.64. The van der Waals surface area contributed by atoms with Gasteiger partial charge in [0, 0.05) is 30.8 Å². The summed E-state index contributed by atoms with van der Waals surface area (Å²) < 4.78 is 5.26. The van der Waals surface area contributed by atoms with Crippen LogP contribution in [0.25, 0.3) is 0 Å². The largest absolute Gasteiger partial charge is 0.469 e. The van der Waals surface area contributed by atoms with Gasteiger partial charge in [0.2, 0.25) is 5.91 Å². The highest BCUT2D eigenvalue weighted by Crippen LogP contribution is 2.31. The molecule has 5 nitrogen and oxygen atoms in total. The lowest BCUT2D eigenvalue weighted by molar-refractivity contribution is -0.116. The van der Waals surface area contributed by atoms with Crippen LogP contribution < -0.4 is 10.2 Å². The van der Waals surface area contributed by atoms with E-state index in [0.29, 0.717) is 12.8 Å². The van der Waals surface area contributed by atoms with Crippen LogP contribution in [0.4, 0.5) is 11.4 Å². The zero-order chi connectivity index (χ0) is 18.6. The van der Waals surface area contributed by atoms with Gasteiger partial charge in [-0.2, -0.15) is 0 Å². The van der Waals surface area contributed by atoms with E-state index < -0.39 is 0 Å². The Kier molecular flexibility index (Phi) is 5.07. The second-order valence-corrected chi connectivity index (χ2v) is 7.46. The molecule has 1 aliphatic rings. The van der Waals surface area contributed by atoms with Crippen molar-refractivity contribution in [2.45, 2.75) is 25.7 Å². The number of benzene rings is 1. The van der Waals surface area contributed by atoms with Crippen molar-refractivity contribution in [3.05, 3.63) is 70.3 Å². The van der Waals surface area contributed by atoms with Crippen molar-refractivity contribution in [3.63, 3.8) is 0 Å². The fraction of sp³-hybridized carbons (Fsp3) is 0.238. The minimum atomic E-state index is -0.0475. The van der Waals surface area contributed by atoms with Crippen molar-refractivity contribution in [2.75, 3.05) is 16.8 Å². The first-order chi connectivity index (χ1) is 13.2. The summed E-state index contributed by atoms with van der Waals surface area (Å²) in [6.45, 7) is 0.721. The van der Waals surface area contributed by atoms with Gasteiger partial charge >= 0.3 is 0 Å². The maximum absolute atomic E-state index is 12.7. The van der Waals surface area contributed by atoms with E-state index in [1.165, 1.54) is 11.3 Å². The fourth-order valence-electron chi connectivity index (χ4n) is 3.33. The summed E-state index contributed by atoms with van der Waals surface area (Å²) >= 11 is 1.46. The molecule has 1 aromatic carbocycles. The zero-order valence-corrected chi connectivity index (χ0v) is 15.6. The maximum atomic E-state index is 12.7. The molecule has 0 aliphatic carbocycles. The Balaban J connectivity index is 1.45. The number of aryl methyl sites for hydroxylation is 2. The first-order valence-electron chi connectivity index (χ1n) is 9.01. The molecular formula is C21H20N2O3S. The summed E-state index contributed by atoms with van der Waals surface area (Å²) in [6.07, 6.45) is 4.38. The molecule has 0 atom stereocenters. The predicted molar refractivity (Wildman–Crippen MR) is 106 cm³/mol. The summed E-state index contributed by atoms with van der Waals surface area (Å²) in [4.78, 5) is 27.5. The molecule has 0 radical (unpaired) electrons. The van der Waals surface area contributed by atoms with Gasteiger partial charge in [-0.05, 0) is 60.2 Å². The average Bonchev–Trinajstić information content (AvgIpc) is 3.39. The quantitative estimate of drug-likeness (QED) is 0.709. The number of amides is 2. The van der Waals surface area contributed by atoms with Gasteiger partial charge in [-0.1, -0.05) is 6.07 Å². The Labute approximate surface area is 161 Å². The first-order valence-corrected chi connectivity index (χ1v) is 9.89. The smallest absolute Gasteiger partial charge is 0.268 e. The second kappa shape index (κ2) is 7.80. The molecule has 3 heterocycles. The summed E-state index contributed by atoms with van der Waals surface area (Å²) in [7, 11) is 0. The van der Waals surface area contributed by atoms with Crippen molar-refractivity contribution >= 4 is 34.5 Å². The van der Waals surface area contributed by atoms with Crippen molar-refractivity contribution in [1.82, 2.24) is 0 Å². The van der Waals surface area contributed by atoms with E-state index in [1.807, 2.05) is 52.7 Å². The minimum absolute atomic E-state index is 0.0428. The zero-order valence-electron chi connectivity index (χ0n) is 14.8. The van der Waals surface area contributed by atoms with Gasteiger partial charge in [-0.15, -0.1) is 11.3 Å². The van der Waals surface area contributed by atoms with Gasteiger partial charge in [0.15, 0.2) is 0 Å². The standard InChI is InChI=1S/C21H20N2O3S/c24-20(10-8-17-5-2-12-26-17)22-16-7-9-18-15(14-16)4-1-11-23(18)21(25)19-6-3-13-27-19/h2-3,5-7,9,12-14H,1,4,8,10-11H2,(H,22,24). The molecular weight excluding hydrogens is 360 g/mol. The highest BCUT2D eigenvalue weighted by Gasteiger charge is 2.24. The summed E-state index contributed by atoms with van der Waals surface area (Å²) in [5, 5.41) is 4.86. The third-order valence-corrected chi connectivity index (χ3v) is 5.50. The lowest BCUT2D eigenvalue weighted by Gasteiger charge is -2.29. The highest BCUT2D eigenvalue weighted by atomic mass is 32.1. The summed E-state index contributed by atoms with van der Waals surface area (Å²) in [5.41, 5.74) is 2.80. The number of hydrogen-bond donors (Lipinski definition) is 1. The molecule has 0 saturated heterocycles. The van der Waals surface area contributed by atoms with Gasteiger partial charge in [0.05, 0.1) is 11.1 Å². The van der Waals surface area contributed by atoms with E-state index in [2.05, 4.69) is 5.32 Å². The fourth-order valence-corrected chi connectivity index (χ4v) is 4.01. The normalized spacial score (nSPS) is 13.3. The molecule has 6 heteroatoms. The lowest BCUT2D eigenvalue weighted by atomic mass is 10.0. The Morgan fingerprint density at radius 2 is 2.11 bits per heavy atom. The molecule has 0 spiro atoms. The number of hydrogen-bond acceptors (Lipinski definition) is 4. The molecule has 3 aromatic rings. The van der Waals surface area contributed by atoms with Crippen LogP contribution in [0.15, 0.2) is 58.5 Å². The van der Waals surface area contributed by atoms with Crippen LogP contribution >= 0.6 is 11.3 Å². The van der Waals surface area contributed by atoms with Crippen LogP contribution in [-0.2, 0) is 17.6 Å². The molecule has 2 aromatic heterocycles.